The number of fused-ring (bicyclic) bond motifs is 2. The van der Waals surface area contributed by atoms with Gasteiger partial charge in [0.25, 0.3) is 0 Å². The highest BCUT2D eigenvalue weighted by molar-refractivity contribution is 5.91. The van der Waals surface area contributed by atoms with Crippen molar-refractivity contribution in [3.05, 3.63) is 41.5 Å². The van der Waals surface area contributed by atoms with Crippen molar-refractivity contribution in [3.63, 3.8) is 0 Å². The molecular weight excluding hydrogens is 586 g/mol. The summed E-state index contributed by atoms with van der Waals surface area (Å²) in [5.74, 6) is 1.14. The minimum absolute atomic E-state index is 0. The molecule has 236 valence electrons. The zero-order valence-corrected chi connectivity index (χ0v) is 26.0. The Morgan fingerprint density at radius 3 is 1.74 bits per heavy atom. The molecule has 43 heavy (non-hydrogen) atoms. The fraction of sp³-hybridized carbons (Fsp3) is 0.467. The Hall–Kier alpha value is -3.87. The van der Waals surface area contributed by atoms with E-state index in [0.717, 1.165) is 0 Å². The van der Waals surface area contributed by atoms with Gasteiger partial charge >= 0.3 is 11.9 Å². The SMILES string of the molecule is COc1cc(/C=C/C(=O)OC2C(O)C3CC(OC(=O)c4cc(OC)c(OC)c(OC)c4)CC2N3C)cc(OC)c1OC.Cl. The first-order chi connectivity index (χ1) is 20.2. The summed E-state index contributed by atoms with van der Waals surface area (Å²) in [6.07, 6.45) is 1.32. The molecule has 2 fully saturated rings. The number of benzene rings is 2. The molecule has 0 radical (unpaired) electrons. The van der Waals surface area contributed by atoms with Crippen LogP contribution in [0.15, 0.2) is 30.3 Å². The molecule has 13 heteroatoms. The predicted octanol–water partition coefficient (Wildman–Crippen LogP) is 3.15. The first-order valence-electron chi connectivity index (χ1n) is 13.3. The van der Waals surface area contributed by atoms with Crippen molar-refractivity contribution in [2.45, 2.75) is 43.2 Å². The molecule has 2 heterocycles. The molecule has 2 bridgehead atoms. The van der Waals surface area contributed by atoms with Crippen molar-refractivity contribution < 1.29 is 52.6 Å². The average Bonchev–Trinajstić information content (AvgIpc) is 3.12. The minimum Gasteiger partial charge on any atom is -0.493 e. The Bertz CT molecular complexity index is 1280. The Morgan fingerprint density at radius 2 is 1.26 bits per heavy atom. The van der Waals surface area contributed by atoms with E-state index in [-0.39, 0.29) is 30.1 Å². The Morgan fingerprint density at radius 1 is 0.767 bits per heavy atom. The van der Waals surface area contributed by atoms with Crippen LogP contribution in [0.4, 0.5) is 0 Å². The number of piperidine rings is 1. The number of halogens is 1. The van der Waals surface area contributed by atoms with E-state index in [0.29, 0.717) is 52.9 Å². The third-order valence-electron chi connectivity index (χ3n) is 7.69. The maximum Gasteiger partial charge on any atom is 0.338 e. The molecule has 4 rings (SSSR count). The average molecular weight is 624 g/mol. The highest BCUT2D eigenvalue weighted by Crippen LogP contribution is 2.41. The molecule has 0 aromatic heterocycles. The highest BCUT2D eigenvalue weighted by Gasteiger charge is 2.53. The van der Waals surface area contributed by atoms with Crippen LogP contribution in [-0.2, 0) is 14.3 Å². The number of esters is 2. The van der Waals surface area contributed by atoms with Crippen LogP contribution in [-0.4, -0.2) is 102 Å². The molecule has 2 aromatic carbocycles. The predicted molar refractivity (Wildman–Crippen MR) is 158 cm³/mol. The van der Waals surface area contributed by atoms with E-state index in [1.54, 1.807) is 18.2 Å². The lowest BCUT2D eigenvalue weighted by Gasteiger charge is -2.36. The van der Waals surface area contributed by atoms with Gasteiger partial charge in [-0.25, -0.2) is 9.59 Å². The standard InChI is InChI=1S/C30H37NO11.ClH/c1-31-19-14-18(41-30(34)17-12-23(37-4)29(40-7)24(13-17)38-5)15-20(31)27(26(19)33)42-25(32)9-8-16-10-21(35-2)28(39-6)22(11-16)36-3;/h8-13,18-20,26-27,33H,14-15H2,1-7H3;1H/b9-8+;. The monoisotopic (exact) mass is 623 g/mol. The van der Waals surface area contributed by atoms with Crippen LogP contribution in [0.5, 0.6) is 34.5 Å². The summed E-state index contributed by atoms with van der Waals surface area (Å²) in [4.78, 5) is 27.9. The van der Waals surface area contributed by atoms with Gasteiger partial charge in [-0.2, -0.15) is 0 Å². The number of rotatable bonds is 11. The van der Waals surface area contributed by atoms with Crippen LogP contribution in [0.2, 0.25) is 0 Å². The molecule has 12 nitrogen and oxygen atoms in total. The molecule has 5 atom stereocenters. The number of likely N-dealkylation sites (N-methyl/N-ethyl adjacent to an activating group) is 1. The van der Waals surface area contributed by atoms with Crippen molar-refractivity contribution in [2.75, 3.05) is 49.7 Å². The van der Waals surface area contributed by atoms with Gasteiger partial charge in [-0.05, 0) is 43.0 Å². The van der Waals surface area contributed by atoms with E-state index < -0.39 is 30.3 Å². The number of aliphatic hydroxyl groups is 1. The molecule has 0 saturated carbocycles. The summed E-state index contributed by atoms with van der Waals surface area (Å²) in [6.45, 7) is 0. The van der Waals surface area contributed by atoms with Gasteiger partial charge in [0.15, 0.2) is 23.0 Å². The van der Waals surface area contributed by atoms with Crippen molar-refractivity contribution in [1.82, 2.24) is 4.90 Å². The van der Waals surface area contributed by atoms with E-state index in [1.807, 2.05) is 11.9 Å². The maximum absolute atomic E-state index is 13.1. The van der Waals surface area contributed by atoms with Gasteiger partial charge in [-0.3, -0.25) is 4.90 Å². The lowest BCUT2D eigenvalue weighted by atomic mass is 10.00. The summed E-state index contributed by atoms with van der Waals surface area (Å²) in [6, 6.07) is 5.72. The van der Waals surface area contributed by atoms with E-state index in [2.05, 4.69) is 0 Å². The van der Waals surface area contributed by atoms with Crippen molar-refractivity contribution >= 4 is 30.4 Å². The van der Waals surface area contributed by atoms with Gasteiger partial charge in [0.05, 0.1) is 54.3 Å². The maximum atomic E-state index is 13.1. The Balaban J connectivity index is 0.00000506. The zero-order chi connectivity index (χ0) is 30.6. The molecule has 2 aliphatic rings. The van der Waals surface area contributed by atoms with Crippen LogP contribution in [0.3, 0.4) is 0 Å². The number of nitrogens with zero attached hydrogens (tertiary/aromatic N) is 1. The molecule has 2 aliphatic heterocycles. The first kappa shape index (κ1) is 33.6. The largest absolute Gasteiger partial charge is 0.493 e. The Kier molecular flexibility index (Phi) is 11.4. The lowest BCUT2D eigenvalue weighted by Crippen LogP contribution is -2.46. The second-order valence-electron chi connectivity index (χ2n) is 9.90. The number of aliphatic hydroxyl groups excluding tert-OH is 1. The topological polar surface area (TPSA) is 131 Å². The second kappa shape index (κ2) is 14.5. The highest BCUT2D eigenvalue weighted by atomic mass is 35.5. The third-order valence-corrected chi connectivity index (χ3v) is 7.69. The van der Waals surface area contributed by atoms with Crippen molar-refractivity contribution in [2.24, 2.45) is 0 Å². The first-order valence-corrected chi connectivity index (χ1v) is 13.3. The third kappa shape index (κ3) is 6.87. The van der Waals surface area contributed by atoms with Crippen LogP contribution in [0, 0.1) is 0 Å². The van der Waals surface area contributed by atoms with Gasteiger partial charge in [0.1, 0.15) is 18.3 Å². The summed E-state index contributed by atoms with van der Waals surface area (Å²) in [5.41, 5.74) is 0.860. The van der Waals surface area contributed by atoms with Gasteiger partial charge in [-0.1, -0.05) is 0 Å². The van der Waals surface area contributed by atoms with Crippen LogP contribution in [0.1, 0.15) is 28.8 Å². The van der Waals surface area contributed by atoms with Gasteiger partial charge in [0.2, 0.25) is 11.5 Å². The number of ether oxygens (including phenoxy) is 8. The van der Waals surface area contributed by atoms with Gasteiger partial charge < -0.3 is 43.0 Å². The number of carbonyl (C=O) groups is 2. The lowest BCUT2D eigenvalue weighted by molar-refractivity contribution is -0.148. The molecule has 2 aromatic rings. The summed E-state index contributed by atoms with van der Waals surface area (Å²) in [7, 11) is 10.8. The van der Waals surface area contributed by atoms with Gasteiger partial charge in [0, 0.05) is 25.0 Å². The summed E-state index contributed by atoms with van der Waals surface area (Å²) >= 11 is 0. The van der Waals surface area contributed by atoms with E-state index in [9.17, 15) is 14.7 Å². The fourth-order valence-corrected chi connectivity index (χ4v) is 5.60. The molecular formula is C30H38ClNO11. The quantitative estimate of drug-likeness (QED) is 0.291. The number of carbonyl (C=O) groups excluding carboxylic acids is 2. The minimum atomic E-state index is -0.955. The second-order valence-corrected chi connectivity index (χ2v) is 9.90. The molecule has 0 aliphatic carbocycles. The normalized spacial score (nSPS) is 22.7. The van der Waals surface area contributed by atoms with Crippen molar-refractivity contribution in [3.8, 4) is 34.5 Å². The van der Waals surface area contributed by atoms with Crippen LogP contribution in [0.25, 0.3) is 6.08 Å². The Labute approximate surface area is 256 Å². The number of hydrogen-bond acceptors (Lipinski definition) is 12. The number of methoxy groups -OCH3 is 6. The summed E-state index contributed by atoms with van der Waals surface area (Å²) in [5, 5.41) is 11.0. The van der Waals surface area contributed by atoms with Gasteiger partial charge in [-0.15, -0.1) is 12.4 Å². The van der Waals surface area contributed by atoms with Crippen molar-refractivity contribution in [1.29, 1.82) is 0 Å². The van der Waals surface area contributed by atoms with E-state index >= 15 is 0 Å². The molecule has 0 spiro atoms. The molecule has 1 N–H and O–H groups in total. The molecule has 2 saturated heterocycles. The molecule has 5 unspecified atom stereocenters. The fourth-order valence-electron chi connectivity index (χ4n) is 5.60. The van der Waals surface area contributed by atoms with Crippen LogP contribution >= 0.6 is 12.4 Å². The van der Waals surface area contributed by atoms with E-state index in [4.69, 9.17) is 37.9 Å². The summed E-state index contributed by atoms with van der Waals surface area (Å²) < 4.78 is 43.6. The zero-order valence-electron chi connectivity index (χ0n) is 25.2. The molecule has 0 amide bonds. The van der Waals surface area contributed by atoms with E-state index in [1.165, 1.54) is 60.9 Å². The number of hydrogen-bond donors (Lipinski definition) is 1. The van der Waals surface area contributed by atoms with Crippen LogP contribution < -0.4 is 28.4 Å². The smallest absolute Gasteiger partial charge is 0.338 e.